The summed E-state index contributed by atoms with van der Waals surface area (Å²) in [4.78, 5) is 0. The quantitative estimate of drug-likeness (QED) is 0.154. The average Bonchev–Trinajstić information content (AvgIpc) is 2.64. The second kappa shape index (κ2) is 18.9. The Balaban J connectivity index is 3.88. The molecule has 0 aromatic carbocycles. The molecule has 0 saturated heterocycles. The van der Waals surface area contributed by atoms with E-state index in [1.807, 2.05) is 0 Å². The second-order valence-corrected chi connectivity index (χ2v) is 10.1. The van der Waals surface area contributed by atoms with Crippen LogP contribution in [-0.2, 0) is 10.1 Å². The van der Waals surface area contributed by atoms with Gasteiger partial charge in [-0.05, 0) is 12.8 Å². The minimum atomic E-state index is -4.18. The minimum absolute atomic E-state index is 0.368. The molecule has 0 amide bonds. The summed E-state index contributed by atoms with van der Waals surface area (Å²) in [7, 11) is -4.18. The smallest absolute Gasteiger partial charge is 0.270 e. The molecule has 0 aromatic rings. The van der Waals surface area contributed by atoms with E-state index in [-0.39, 0.29) is 0 Å². The lowest BCUT2D eigenvalue weighted by Crippen LogP contribution is -2.33. The van der Waals surface area contributed by atoms with Gasteiger partial charge in [0.15, 0.2) is 0 Å². The molecule has 2 atom stereocenters. The lowest BCUT2D eigenvalue weighted by Gasteiger charge is -2.20. The fraction of sp³-hybridized carbons (Fsp3) is 1.00. The SMILES string of the molecule is CCCCCCCCCCCC(C(O)CCCCCCCCCC)S(=O)(=O)O. The maximum absolute atomic E-state index is 11.7. The molecule has 0 heterocycles. The minimum Gasteiger partial charge on any atom is -0.392 e. The third kappa shape index (κ3) is 16.8. The third-order valence-corrected chi connectivity index (χ3v) is 7.07. The number of aliphatic hydroxyl groups is 1. The highest BCUT2D eigenvalue weighted by Crippen LogP contribution is 2.20. The van der Waals surface area contributed by atoms with E-state index in [4.69, 9.17) is 0 Å². The predicted octanol–water partition coefficient (Wildman–Crippen LogP) is 7.06. The van der Waals surface area contributed by atoms with Crippen molar-refractivity contribution in [3.63, 3.8) is 0 Å². The highest BCUT2D eigenvalue weighted by Gasteiger charge is 2.29. The van der Waals surface area contributed by atoms with Crippen LogP contribution >= 0.6 is 0 Å². The Hall–Kier alpha value is -0.130. The summed E-state index contributed by atoms with van der Waals surface area (Å²) in [6, 6.07) is 0. The Bertz CT molecular complexity index is 422. The molecule has 170 valence electrons. The first-order chi connectivity index (χ1) is 13.4. The molecule has 0 saturated carbocycles. The van der Waals surface area contributed by atoms with Crippen LogP contribution in [0.15, 0.2) is 0 Å². The summed E-state index contributed by atoms with van der Waals surface area (Å²) in [5.74, 6) is 0. The van der Waals surface area contributed by atoms with Gasteiger partial charge in [0.05, 0.1) is 6.10 Å². The van der Waals surface area contributed by atoms with Gasteiger partial charge in [-0.15, -0.1) is 0 Å². The number of unbranched alkanes of at least 4 members (excludes halogenated alkanes) is 15. The van der Waals surface area contributed by atoms with Gasteiger partial charge in [-0.25, -0.2) is 0 Å². The number of hydrogen-bond acceptors (Lipinski definition) is 3. The Labute approximate surface area is 175 Å². The zero-order valence-corrected chi connectivity index (χ0v) is 19.5. The largest absolute Gasteiger partial charge is 0.392 e. The van der Waals surface area contributed by atoms with Gasteiger partial charge in [0.2, 0.25) is 0 Å². The molecule has 0 aliphatic rings. The summed E-state index contributed by atoms with van der Waals surface area (Å²) in [6.07, 6.45) is 19.7. The van der Waals surface area contributed by atoms with E-state index < -0.39 is 21.5 Å². The molecule has 2 unspecified atom stereocenters. The van der Waals surface area contributed by atoms with Gasteiger partial charge in [0, 0.05) is 0 Å². The first-order valence-electron chi connectivity index (χ1n) is 12.1. The van der Waals surface area contributed by atoms with Gasteiger partial charge in [0.1, 0.15) is 5.25 Å². The van der Waals surface area contributed by atoms with Crippen LogP contribution in [-0.4, -0.2) is 29.4 Å². The van der Waals surface area contributed by atoms with E-state index in [1.165, 1.54) is 70.6 Å². The fourth-order valence-electron chi connectivity index (χ4n) is 3.87. The van der Waals surface area contributed by atoms with Crippen LogP contribution in [0.1, 0.15) is 136 Å². The second-order valence-electron chi connectivity index (χ2n) is 8.50. The normalized spacial score (nSPS) is 14.3. The molecule has 0 radical (unpaired) electrons. The van der Waals surface area contributed by atoms with Gasteiger partial charge >= 0.3 is 0 Å². The van der Waals surface area contributed by atoms with Crippen LogP contribution in [0.5, 0.6) is 0 Å². The van der Waals surface area contributed by atoms with E-state index in [1.54, 1.807) is 0 Å². The fourth-order valence-corrected chi connectivity index (χ4v) is 4.87. The van der Waals surface area contributed by atoms with Gasteiger partial charge in [-0.1, -0.05) is 123 Å². The first kappa shape index (κ1) is 27.9. The zero-order valence-electron chi connectivity index (χ0n) is 18.7. The van der Waals surface area contributed by atoms with Gasteiger partial charge in [-0.3, -0.25) is 4.55 Å². The van der Waals surface area contributed by atoms with E-state index in [0.29, 0.717) is 12.8 Å². The van der Waals surface area contributed by atoms with Crippen LogP contribution in [0.4, 0.5) is 0 Å². The van der Waals surface area contributed by atoms with Crippen molar-refractivity contribution < 1.29 is 18.1 Å². The molecule has 0 aliphatic carbocycles. The molecule has 0 bridgehead atoms. The van der Waals surface area contributed by atoms with Crippen LogP contribution in [0.2, 0.25) is 0 Å². The summed E-state index contributed by atoms with van der Waals surface area (Å²) in [5.41, 5.74) is 0. The van der Waals surface area contributed by atoms with E-state index in [0.717, 1.165) is 38.5 Å². The summed E-state index contributed by atoms with van der Waals surface area (Å²) in [6.45, 7) is 4.43. The molecule has 4 nitrogen and oxygen atoms in total. The average molecular weight is 421 g/mol. The van der Waals surface area contributed by atoms with Crippen molar-refractivity contribution in [1.29, 1.82) is 0 Å². The molecular weight excluding hydrogens is 372 g/mol. The standard InChI is InChI=1S/C23H48O4S/c1-3-5-7-9-11-13-15-17-19-21-23(28(25,26)27)22(24)20-18-16-14-12-10-8-6-4-2/h22-24H,3-21H2,1-2H3,(H,25,26,27). The molecule has 28 heavy (non-hydrogen) atoms. The summed E-state index contributed by atoms with van der Waals surface area (Å²) < 4.78 is 32.8. The number of rotatable bonds is 21. The molecule has 5 heteroatoms. The molecule has 0 aliphatic heterocycles. The van der Waals surface area contributed by atoms with Gasteiger partial charge in [-0.2, -0.15) is 8.42 Å². The molecule has 0 spiro atoms. The number of aliphatic hydroxyl groups excluding tert-OH is 1. The predicted molar refractivity (Wildman–Crippen MR) is 120 cm³/mol. The molecule has 0 rings (SSSR count). The highest BCUT2D eigenvalue weighted by atomic mass is 32.2. The Morgan fingerprint density at radius 2 is 0.893 bits per heavy atom. The van der Waals surface area contributed by atoms with Crippen molar-refractivity contribution in [3.05, 3.63) is 0 Å². The lowest BCUT2D eigenvalue weighted by molar-refractivity contribution is 0.146. The Kier molecular flexibility index (Phi) is 18.8. The van der Waals surface area contributed by atoms with Crippen molar-refractivity contribution in [2.45, 2.75) is 147 Å². The van der Waals surface area contributed by atoms with Crippen LogP contribution in [0.3, 0.4) is 0 Å². The van der Waals surface area contributed by atoms with Crippen LogP contribution in [0, 0.1) is 0 Å². The maximum Gasteiger partial charge on any atom is 0.270 e. The van der Waals surface area contributed by atoms with Crippen LogP contribution in [0.25, 0.3) is 0 Å². The van der Waals surface area contributed by atoms with Crippen molar-refractivity contribution >= 4 is 10.1 Å². The van der Waals surface area contributed by atoms with Crippen LogP contribution < -0.4 is 0 Å². The number of hydrogen-bond donors (Lipinski definition) is 2. The maximum atomic E-state index is 11.7. The monoisotopic (exact) mass is 420 g/mol. The third-order valence-electron chi connectivity index (χ3n) is 5.76. The molecule has 0 aromatic heterocycles. The molecule has 0 fully saturated rings. The van der Waals surface area contributed by atoms with Gasteiger partial charge in [0.25, 0.3) is 10.1 Å². The Morgan fingerprint density at radius 3 is 1.25 bits per heavy atom. The lowest BCUT2D eigenvalue weighted by atomic mass is 10.0. The van der Waals surface area contributed by atoms with Crippen molar-refractivity contribution in [2.75, 3.05) is 0 Å². The summed E-state index contributed by atoms with van der Waals surface area (Å²) in [5, 5.41) is 9.29. The first-order valence-corrected chi connectivity index (χ1v) is 13.6. The van der Waals surface area contributed by atoms with Gasteiger partial charge < -0.3 is 5.11 Å². The van der Waals surface area contributed by atoms with E-state index in [2.05, 4.69) is 13.8 Å². The van der Waals surface area contributed by atoms with Crippen molar-refractivity contribution in [3.8, 4) is 0 Å². The highest BCUT2D eigenvalue weighted by molar-refractivity contribution is 7.86. The summed E-state index contributed by atoms with van der Waals surface area (Å²) >= 11 is 0. The van der Waals surface area contributed by atoms with E-state index >= 15 is 0 Å². The van der Waals surface area contributed by atoms with Crippen molar-refractivity contribution in [2.24, 2.45) is 0 Å². The zero-order chi connectivity index (χ0) is 21.1. The van der Waals surface area contributed by atoms with E-state index in [9.17, 15) is 18.1 Å². The molecule has 2 N–H and O–H groups in total. The molecular formula is C23H48O4S. The van der Waals surface area contributed by atoms with Crippen molar-refractivity contribution in [1.82, 2.24) is 0 Å². The topological polar surface area (TPSA) is 74.6 Å². The Morgan fingerprint density at radius 1 is 0.571 bits per heavy atom.